The normalized spacial score (nSPS) is 13.4. The summed E-state index contributed by atoms with van der Waals surface area (Å²) in [5.74, 6) is 1.03. The molecular formula is C17H23Cl2OSiTi. The Hall–Kier alpha value is 0.0112. The molecule has 0 heterocycles. The van der Waals surface area contributed by atoms with Crippen LogP contribution in [-0.4, -0.2) is 8.32 Å². The van der Waals surface area contributed by atoms with Gasteiger partial charge in [-0.25, -0.2) is 11.6 Å². The van der Waals surface area contributed by atoms with Crippen LogP contribution in [0.2, 0.25) is 19.6 Å². The van der Waals surface area contributed by atoms with Crippen LogP contribution < -0.4 is 29.2 Å². The SMILES string of the molecule is CC(C)(C1=[C-]CC=C1)c1ccccc1O[Si](C)(C)C.[Cl-].[Cl-].[Ti+3]. The van der Waals surface area contributed by atoms with Gasteiger partial charge in [0.15, 0.2) is 0 Å². The number of rotatable bonds is 4. The Morgan fingerprint density at radius 2 is 1.68 bits per heavy atom. The zero-order valence-corrected chi connectivity index (χ0v) is 17.9. The van der Waals surface area contributed by atoms with Crippen molar-refractivity contribution >= 4 is 8.32 Å². The van der Waals surface area contributed by atoms with Crippen LogP contribution in [0.1, 0.15) is 25.8 Å². The summed E-state index contributed by atoms with van der Waals surface area (Å²) >= 11 is 0. The van der Waals surface area contributed by atoms with E-state index in [1.54, 1.807) is 0 Å². The largest absolute Gasteiger partial charge is 3.00 e. The van der Waals surface area contributed by atoms with E-state index in [9.17, 15) is 0 Å². The van der Waals surface area contributed by atoms with Gasteiger partial charge in [0.25, 0.3) is 0 Å². The minimum Gasteiger partial charge on any atom is -1.00 e. The fourth-order valence-corrected chi connectivity index (χ4v) is 3.22. The van der Waals surface area contributed by atoms with Crippen molar-refractivity contribution in [1.82, 2.24) is 0 Å². The molecule has 0 bridgehead atoms. The van der Waals surface area contributed by atoms with Gasteiger partial charge in [0.2, 0.25) is 8.32 Å². The van der Waals surface area contributed by atoms with Crippen molar-refractivity contribution < 1.29 is 51.0 Å². The van der Waals surface area contributed by atoms with Crippen LogP contribution in [0.3, 0.4) is 0 Å². The van der Waals surface area contributed by atoms with E-state index in [1.807, 2.05) is 0 Å². The number of halogens is 2. The maximum atomic E-state index is 6.25. The first-order valence-electron chi connectivity index (χ1n) is 6.87. The molecule has 0 unspecified atom stereocenters. The quantitative estimate of drug-likeness (QED) is 0.468. The van der Waals surface area contributed by atoms with Crippen LogP contribution in [-0.2, 0) is 27.1 Å². The third-order valence-corrected chi connectivity index (χ3v) is 4.18. The number of benzene rings is 1. The van der Waals surface area contributed by atoms with Crippen molar-refractivity contribution in [1.29, 1.82) is 0 Å². The van der Waals surface area contributed by atoms with Crippen LogP contribution in [0.4, 0.5) is 0 Å². The Morgan fingerprint density at radius 3 is 2.18 bits per heavy atom. The maximum absolute atomic E-state index is 6.25. The second kappa shape index (κ2) is 9.34. The summed E-state index contributed by atoms with van der Waals surface area (Å²) in [7, 11) is -1.60. The van der Waals surface area contributed by atoms with Crippen molar-refractivity contribution in [2.45, 2.75) is 45.3 Å². The van der Waals surface area contributed by atoms with E-state index in [-0.39, 0.29) is 51.9 Å². The summed E-state index contributed by atoms with van der Waals surface area (Å²) in [6.07, 6.45) is 8.72. The summed E-state index contributed by atoms with van der Waals surface area (Å²) in [5.41, 5.74) is 2.47. The van der Waals surface area contributed by atoms with Crippen LogP contribution in [0.25, 0.3) is 0 Å². The summed E-state index contributed by atoms with van der Waals surface area (Å²) < 4.78 is 6.25. The minimum absolute atomic E-state index is 0. The van der Waals surface area contributed by atoms with E-state index < -0.39 is 8.32 Å². The molecule has 1 radical (unpaired) electrons. The van der Waals surface area contributed by atoms with Crippen LogP contribution in [0.15, 0.2) is 42.0 Å². The average Bonchev–Trinajstić information content (AvgIpc) is 2.81. The van der Waals surface area contributed by atoms with E-state index in [0.717, 1.165) is 12.2 Å². The molecule has 0 aromatic heterocycles. The van der Waals surface area contributed by atoms with Gasteiger partial charge in [0, 0.05) is 0 Å². The molecule has 5 heteroatoms. The molecule has 1 aromatic rings. The molecule has 1 aliphatic rings. The maximum Gasteiger partial charge on any atom is 3.00 e. The molecule has 119 valence electrons. The average molecular weight is 390 g/mol. The molecule has 22 heavy (non-hydrogen) atoms. The zero-order chi connectivity index (χ0) is 14.1. The van der Waals surface area contributed by atoms with Crippen LogP contribution in [0, 0.1) is 6.08 Å². The van der Waals surface area contributed by atoms with E-state index >= 15 is 0 Å². The molecular weight excluding hydrogens is 367 g/mol. The van der Waals surface area contributed by atoms with Gasteiger partial charge in [-0.15, -0.1) is 6.42 Å². The molecule has 2 rings (SSSR count). The zero-order valence-electron chi connectivity index (χ0n) is 13.8. The van der Waals surface area contributed by atoms with Gasteiger partial charge >= 0.3 is 21.7 Å². The number of hydrogen-bond donors (Lipinski definition) is 0. The van der Waals surface area contributed by atoms with Gasteiger partial charge in [-0.2, -0.15) is 6.08 Å². The molecule has 1 aliphatic carbocycles. The summed E-state index contributed by atoms with van der Waals surface area (Å²) in [5, 5.41) is 0. The molecule has 0 fully saturated rings. The Bertz CT molecular complexity index is 534. The van der Waals surface area contributed by atoms with Gasteiger partial charge in [-0.3, -0.25) is 6.08 Å². The predicted molar refractivity (Wildman–Crippen MR) is 84.0 cm³/mol. The van der Waals surface area contributed by atoms with E-state index in [1.165, 1.54) is 11.1 Å². The van der Waals surface area contributed by atoms with E-state index in [0.29, 0.717) is 0 Å². The standard InChI is InChI=1S/C17H23OSi.2ClH.Ti/c1-17(2,14-10-6-7-11-14)15-12-8-9-13-16(15)18-19(3,4)5;;;/h6,8-10,12-13H,7H2,1-5H3;2*1H;/q-1;;;+3/p-2. The van der Waals surface area contributed by atoms with Crippen molar-refractivity contribution in [3.05, 3.63) is 53.6 Å². The first-order valence-corrected chi connectivity index (χ1v) is 10.3. The number of allylic oxidation sites excluding steroid dienone is 4. The van der Waals surface area contributed by atoms with E-state index in [2.05, 4.69) is 76.0 Å². The smallest absolute Gasteiger partial charge is 1.00 e. The summed E-state index contributed by atoms with van der Waals surface area (Å²) in [4.78, 5) is 0. The Balaban J connectivity index is 0. The van der Waals surface area contributed by atoms with Gasteiger partial charge < -0.3 is 29.2 Å². The fraction of sp³-hybridized carbons (Fsp3) is 0.412. The van der Waals surface area contributed by atoms with Gasteiger partial charge in [0.1, 0.15) is 5.75 Å². The summed E-state index contributed by atoms with van der Waals surface area (Å²) in [6.45, 7) is 11.2. The van der Waals surface area contributed by atoms with Crippen molar-refractivity contribution in [2.24, 2.45) is 0 Å². The molecule has 0 saturated carbocycles. The van der Waals surface area contributed by atoms with E-state index in [4.69, 9.17) is 4.43 Å². The number of para-hydroxylation sites is 1. The Labute approximate surface area is 163 Å². The molecule has 0 amide bonds. The van der Waals surface area contributed by atoms with Crippen LogP contribution >= 0.6 is 0 Å². The molecule has 0 saturated heterocycles. The Morgan fingerprint density at radius 1 is 1.09 bits per heavy atom. The molecule has 0 spiro atoms. The molecule has 1 nitrogen and oxygen atoms in total. The first-order chi connectivity index (χ1) is 8.81. The first kappa shape index (κ1) is 24.3. The fourth-order valence-electron chi connectivity index (χ4n) is 2.38. The molecule has 0 N–H and O–H groups in total. The van der Waals surface area contributed by atoms with Gasteiger partial charge in [-0.05, 0) is 36.7 Å². The van der Waals surface area contributed by atoms with Gasteiger partial charge in [-0.1, -0.05) is 32.0 Å². The molecule has 0 atom stereocenters. The third kappa shape index (κ3) is 5.90. The molecule has 0 aliphatic heterocycles. The minimum atomic E-state index is -1.60. The van der Waals surface area contributed by atoms with Crippen LogP contribution in [0.5, 0.6) is 5.75 Å². The molecule has 1 aromatic carbocycles. The van der Waals surface area contributed by atoms with Crippen molar-refractivity contribution in [2.75, 3.05) is 0 Å². The predicted octanol–water partition coefficient (Wildman–Crippen LogP) is -1.13. The van der Waals surface area contributed by atoms with Gasteiger partial charge in [0.05, 0.1) is 0 Å². The van der Waals surface area contributed by atoms with Crippen molar-refractivity contribution in [3.8, 4) is 5.75 Å². The third-order valence-electron chi connectivity index (χ3n) is 3.34. The second-order valence-electron chi connectivity index (χ2n) is 6.53. The second-order valence-corrected chi connectivity index (χ2v) is 11.0. The monoisotopic (exact) mass is 389 g/mol. The Kier molecular flexibility index (Phi) is 10.3. The topological polar surface area (TPSA) is 9.23 Å². The van der Waals surface area contributed by atoms with Crippen molar-refractivity contribution in [3.63, 3.8) is 0 Å². The number of hydrogen-bond acceptors (Lipinski definition) is 1. The summed E-state index contributed by atoms with van der Waals surface area (Å²) in [6, 6.07) is 8.41.